The smallest absolute Gasteiger partial charge is 0.315 e. The van der Waals surface area contributed by atoms with Crippen LogP contribution in [0.2, 0.25) is 0 Å². The highest BCUT2D eigenvalue weighted by Gasteiger charge is 2.51. The Balaban J connectivity index is 1.20. The van der Waals surface area contributed by atoms with Crippen molar-refractivity contribution in [3.63, 3.8) is 0 Å². The van der Waals surface area contributed by atoms with Gasteiger partial charge in [-0.05, 0) is 82.5 Å². The average Bonchev–Trinajstić information content (AvgIpc) is 2.72. The number of hydrogen-bond acceptors (Lipinski definition) is 3. The summed E-state index contributed by atoms with van der Waals surface area (Å²) in [5.74, 6) is 2.33. The molecule has 0 aromatic carbocycles. The van der Waals surface area contributed by atoms with Gasteiger partial charge in [0.05, 0.1) is 5.92 Å². The molecule has 1 saturated heterocycles. The molecule has 0 aromatic heterocycles. The number of carbonyl (C=O) groups is 3. The summed E-state index contributed by atoms with van der Waals surface area (Å²) in [4.78, 5) is 39.7. The normalized spacial score (nSPS) is 35.4. The fourth-order valence-corrected chi connectivity index (χ4v) is 7.18. The van der Waals surface area contributed by atoms with E-state index in [1.807, 2.05) is 4.90 Å². The average molecular weight is 447 g/mol. The first-order chi connectivity index (χ1) is 15.4. The molecule has 5 fully saturated rings. The molecule has 5 rings (SSSR count). The summed E-state index contributed by atoms with van der Waals surface area (Å²) in [5.41, 5.74) is -0.0113. The van der Waals surface area contributed by atoms with Gasteiger partial charge < -0.3 is 20.9 Å². The van der Waals surface area contributed by atoms with Crippen LogP contribution in [0.5, 0.6) is 0 Å². The van der Waals surface area contributed by atoms with E-state index in [0.29, 0.717) is 19.6 Å². The van der Waals surface area contributed by atoms with Crippen LogP contribution in [-0.2, 0) is 9.59 Å². The van der Waals surface area contributed by atoms with Crippen LogP contribution in [-0.4, -0.2) is 54.0 Å². The van der Waals surface area contributed by atoms with Crippen LogP contribution in [0.15, 0.2) is 0 Å². The standard InChI is InChI=1S/C25H42N4O3/c1-3-4-8-26-23(31)21-6-5-17(2)29(16-21)22(30)7-9-27-24(32)28-25-13-18-10-19(14-25)12-20(11-18)15-25/h17-21H,3-16H2,1-2H3,(H,26,31)(H2,27,28,32). The van der Waals surface area contributed by atoms with Gasteiger partial charge in [-0.15, -0.1) is 0 Å². The van der Waals surface area contributed by atoms with Gasteiger partial charge in [0.25, 0.3) is 0 Å². The number of nitrogens with one attached hydrogen (secondary N) is 3. The maximum Gasteiger partial charge on any atom is 0.315 e. The minimum absolute atomic E-state index is 0.0113. The Bertz CT molecular complexity index is 674. The molecular formula is C25H42N4O3. The summed E-state index contributed by atoms with van der Waals surface area (Å²) in [6.45, 7) is 5.69. The van der Waals surface area contributed by atoms with Crippen LogP contribution < -0.4 is 16.0 Å². The van der Waals surface area contributed by atoms with Gasteiger partial charge in [-0.25, -0.2) is 4.79 Å². The minimum Gasteiger partial charge on any atom is -0.356 e. The lowest BCUT2D eigenvalue weighted by molar-refractivity contribution is -0.138. The third-order valence-electron chi connectivity index (χ3n) is 8.44. The predicted molar refractivity (Wildman–Crippen MR) is 124 cm³/mol. The predicted octanol–water partition coefficient (Wildman–Crippen LogP) is 3.19. The molecule has 0 spiro atoms. The van der Waals surface area contributed by atoms with E-state index in [-0.39, 0.29) is 41.8 Å². The third kappa shape index (κ3) is 5.40. The molecule has 4 aliphatic carbocycles. The Morgan fingerprint density at radius 1 is 0.938 bits per heavy atom. The summed E-state index contributed by atoms with van der Waals surface area (Å²) < 4.78 is 0. The number of hydrogen-bond donors (Lipinski definition) is 3. The number of urea groups is 1. The zero-order valence-corrected chi connectivity index (χ0v) is 20.0. The number of piperidine rings is 1. The third-order valence-corrected chi connectivity index (χ3v) is 8.44. The molecule has 32 heavy (non-hydrogen) atoms. The van der Waals surface area contributed by atoms with E-state index in [4.69, 9.17) is 0 Å². The van der Waals surface area contributed by atoms with E-state index in [0.717, 1.165) is 62.7 Å². The van der Waals surface area contributed by atoms with Gasteiger partial charge in [0.2, 0.25) is 11.8 Å². The zero-order valence-electron chi connectivity index (χ0n) is 20.0. The second-order valence-electron chi connectivity index (χ2n) is 11.1. The summed E-state index contributed by atoms with van der Waals surface area (Å²) in [7, 11) is 0. The van der Waals surface area contributed by atoms with E-state index >= 15 is 0 Å². The highest BCUT2D eigenvalue weighted by Crippen LogP contribution is 2.55. The Hall–Kier alpha value is -1.79. The molecule has 3 N–H and O–H groups in total. The second kappa shape index (κ2) is 10.0. The Labute approximate surface area is 192 Å². The van der Waals surface area contributed by atoms with Gasteiger partial charge in [0, 0.05) is 37.6 Å². The summed E-state index contributed by atoms with van der Waals surface area (Å²) in [6, 6.07) is 0.0164. The monoisotopic (exact) mass is 446 g/mol. The fourth-order valence-electron chi connectivity index (χ4n) is 7.18. The Morgan fingerprint density at radius 3 is 2.22 bits per heavy atom. The number of likely N-dealkylation sites (tertiary alicyclic amines) is 1. The Morgan fingerprint density at radius 2 is 1.59 bits per heavy atom. The topological polar surface area (TPSA) is 90.5 Å². The first kappa shape index (κ1) is 23.4. The van der Waals surface area contributed by atoms with Crippen LogP contribution in [0.25, 0.3) is 0 Å². The molecule has 1 aliphatic heterocycles. The number of amides is 4. The van der Waals surface area contributed by atoms with Crippen molar-refractivity contribution < 1.29 is 14.4 Å². The quantitative estimate of drug-likeness (QED) is 0.500. The van der Waals surface area contributed by atoms with Gasteiger partial charge in [-0.2, -0.15) is 0 Å². The SMILES string of the molecule is CCCCNC(=O)C1CCC(C)N(C(=O)CCNC(=O)NC23CC4CC(CC(C4)C2)C3)C1. The molecule has 4 saturated carbocycles. The van der Waals surface area contributed by atoms with E-state index in [2.05, 4.69) is 29.8 Å². The molecule has 0 aromatic rings. The maximum atomic E-state index is 12.9. The van der Waals surface area contributed by atoms with Crippen molar-refractivity contribution in [2.75, 3.05) is 19.6 Å². The van der Waals surface area contributed by atoms with Crippen LogP contribution >= 0.6 is 0 Å². The maximum absolute atomic E-state index is 12.9. The van der Waals surface area contributed by atoms with E-state index < -0.39 is 0 Å². The van der Waals surface area contributed by atoms with Crippen LogP contribution in [0.4, 0.5) is 4.79 Å². The van der Waals surface area contributed by atoms with Gasteiger partial charge in [0.15, 0.2) is 0 Å². The van der Waals surface area contributed by atoms with Crippen molar-refractivity contribution in [2.45, 2.75) is 96.1 Å². The molecular weight excluding hydrogens is 404 g/mol. The Kier molecular flexibility index (Phi) is 7.30. The van der Waals surface area contributed by atoms with Crippen molar-refractivity contribution >= 4 is 17.8 Å². The van der Waals surface area contributed by atoms with Crippen LogP contribution in [0.3, 0.4) is 0 Å². The number of nitrogens with zero attached hydrogens (tertiary/aromatic N) is 1. The minimum atomic E-state index is -0.126. The molecule has 1 heterocycles. The lowest BCUT2D eigenvalue weighted by atomic mass is 9.53. The van der Waals surface area contributed by atoms with Crippen molar-refractivity contribution in [3.05, 3.63) is 0 Å². The fraction of sp³-hybridized carbons (Fsp3) is 0.880. The summed E-state index contributed by atoms with van der Waals surface area (Å²) >= 11 is 0. The van der Waals surface area contributed by atoms with Crippen molar-refractivity contribution in [3.8, 4) is 0 Å². The first-order valence-corrected chi connectivity index (χ1v) is 13.0. The lowest BCUT2D eigenvalue weighted by Crippen LogP contribution is -2.61. The first-order valence-electron chi connectivity index (χ1n) is 13.0. The van der Waals surface area contributed by atoms with Crippen molar-refractivity contribution in [1.29, 1.82) is 0 Å². The lowest BCUT2D eigenvalue weighted by Gasteiger charge is -2.56. The van der Waals surface area contributed by atoms with E-state index in [9.17, 15) is 14.4 Å². The molecule has 7 nitrogen and oxygen atoms in total. The molecule has 2 unspecified atom stereocenters. The largest absolute Gasteiger partial charge is 0.356 e. The number of carbonyl (C=O) groups excluding carboxylic acids is 3. The second-order valence-corrected chi connectivity index (χ2v) is 11.1. The molecule has 4 bridgehead atoms. The van der Waals surface area contributed by atoms with Gasteiger partial charge in [0.1, 0.15) is 0 Å². The molecule has 0 radical (unpaired) electrons. The zero-order chi connectivity index (χ0) is 22.7. The molecule has 4 amide bonds. The van der Waals surface area contributed by atoms with Crippen LogP contribution in [0, 0.1) is 23.7 Å². The number of rotatable bonds is 8. The molecule has 7 heteroatoms. The van der Waals surface area contributed by atoms with E-state index in [1.54, 1.807) is 0 Å². The summed E-state index contributed by atoms with van der Waals surface area (Å²) in [6.07, 6.45) is 11.4. The van der Waals surface area contributed by atoms with Gasteiger partial charge >= 0.3 is 6.03 Å². The van der Waals surface area contributed by atoms with Crippen molar-refractivity contribution in [2.24, 2.45) is 23.7 Å². The van der Waals surface area contributed by atoms with Gasteiger partial charge in [-0.1, -0.05) is 13.3 Å². The highest BCUT2D eigenvalue weighted by molar-refractivity contribution is 5.82. The number of unbranched alkanes of at least 4 members (excludes halogenated alkanes) is 1. The van der Waals surface area contributed by atoms with E-state index in [1.165, 1.54) is 19.3 Å². The molecule has 180 valence electrons. The molecule has 2 atom stereocenters. The van der Waals surface area contributed by atoms with Crippen LogP contribution in [0.1, 0.15) is 84.5 Å². The van der Waals surface area contributed by atoms with Crippen molar-refractivity contribution in [1.82, 2.24) is 20.9 Å². The van der Waals surface area contributed by atoms with Gasteiger partial charge in [-0.3, -0.25) is 9.59 Å². The molecule has 5 aliphatic rings. The highest BCUT2D eigenvalue weighted by atomic mass is 16.2. The summed E-state index contributed by atoms with van der Waals surface area (Å²) in [5, 5.41) is 9.24.